The van der Waals surface area contributed by atoms with Crippen LogP contribution in [0.5, 0.6) is 11.5 Å². The summed E-state index contributed by atoms with van der Waals surface area (Å²) in [6.45, 7) is 7.90. The lowest BCUT2D eigenvalue weighted by molar-refractivity contribution is 0.234. The lowest BCUT2D eigenvalue weighted by Crippen LogP contribution is -2.31. The van der Waals surface area contributed by atoms with Gasteiger partial charge in [0.1, 0.15) is 11.5 Å². The molecule has 5 rings (SSSR count). The van der Waals surface area contributed by atoms with Gasteiger partial charge in [-0.05, 0) is 68.1 Å². The molecular weight excluding hydrogens is 412 g/mol. The van der Waals surface area contributed by atoms with Gasteiger partial charge < -0.3 is 14.8 Å². The van der Waals surface area contributed by atoms with Crippen LogP contribution in [0.2, 0.25) is 0 Å². The summed E-state index contributed by atoms with van der Waals surface area (Å²) in [5.41, 5.74) is 7.18. The number of aryl methyl sites for hydroxylation is 1. The van der Waals surface area contributed by atoms with Gasteiger partial charge in [-0.2, -0.15) is 5.10 Å². The van der Waals surface area contributed by atoms with Crippen molar-refractivity contribution in [1.29, 1.82) is 0 Å². The fraction of sp³-hybridized carbons (Fsp3) is 0.370. The fourth-order valence-corrected chi connectivity index (χ4v) is 4.58. The molecule has 3 aromatic rings. The molecule has 0 spiro atoms. The number of nitrogens with one attached hydrogen (secondary N) is 1. The Morgan fingerprint density at radius 2 is 1.85 bits per heavy atom. The van der Waals surface area contributed by atoms with Crippen molar-refractivity contribution >= 4 is 5.69 Å². The van der Waals surface area contributed by atoms with E-state index in [4.69, 9.17) is 14.6 Å². The van der Waals surface area contributed by atoms with Crippen LogP contribution in [0, 0.1) is 0 Å². The minimum atomic E-state index is 0.744. The second-order valence-corrected chi connectivity index (χ2v) is 8.87. The SMILES string of the molecule is C=C1CCc2ccc(OCCCCN3CCc4nn(-c5ccc(OC)cc5)cc4C3)cc2N1. The smallest absolute Gasteiger partial charge is 0.121 e. The van der Waals surface area contributed by atoms with Gasteiger partial charge in [0.2, 0.25) is 0 Å². The van der Waals surface area contributed by atoms with Crippen molar-refractivity contribution in [3.8, 4) is 17.2 Å². The number of methoxy groups -OCH3 is 1. The highest BCUT2D eigenvalue weighted by Gasteiger charge is 2.19. The molecule has 0 saturated carbocycles. The van der Waals surface area contributed by atoms with Gasteiger partial charge in [-0.25, -0.2) is 4.68 Å². The molecule has 3 heterocycles. The summed E-state index contributed by atoms with van der Waals surface area (Å²) in [7, 11) is 1.69. The monoisotopic (exact) mass is 444 g/mol. The van der Waals surface area contributed by atoms with Crippen LogP contribution in [-0.2, 0) is 19.4 Å². The van der Waals surface area contributed by atoms with Crippen molar-refractivity contribution in [2.24, 2.45) is 0 Å². The van der Waals surface area contributed by atoms with E-state index in [1.54, 1.807) is 7.11 Å². The number of anilines is 1. The summed E-state index contributed by atoms with van der Waals surface area (Å²) < 4.78 is 13.3. The molecule has 0 saturated heterocycles. The Bertz CT molecular complexity index is 1120. The van der Waals surface area contributed by atoms with Crippen molar-refractivity contribution in [1.82, 2.24) is 14.7 Å². The van der Waals surface area contributed by atoms with Gasteiger partial charge in [0.05, 0.1) is 25.1 Å². The number of hydrogen-bond donors (Lipinski definition) is 1. The molecule has 1 N–H and O–H groups in total. The Balaban J connectivity index is 1.08. The van der Waals surface area contributed by atoms with Crippen molar-refractivity contribution in [3.05, 3.63) is 77.8 Å². The van der Waals surface area contributed by atoms with Crippen LogP contribution in [0.25, 0.3) is 5.69 Å². The number of ether oxygens (including phenoxy) is 2. The van der Waals surface area contributed by atoms with Gasteiger partial charge in [-0.3, -0.25) is 4.90 Å². The summed E-state index contributed by atoms with van der Waals surface area (Å²) >= 11 is 0. The fourth-order valence-electron chi connectivity index (χ4n) is 4.58. The molecule has 172 valence electrons. The number of allylic oxidation sites excluding steroid dienone is 1. The summed E-state index contributed by atoms with van der Waals surface area (Å²) in [6.07, 6.45) is 7.41. The highest BCUT2D eigenvalue weighted by molar-refractivity contribution is 5.60. The second-order valence-electron chi connectivity index (χ2n) is 8.87. The number of nitrogens with zero attached hydrogens (tertiary/aromatic N) is 3. The Morgan fingerprint density at radius 3 is 2.70 bits per heavy atom. The zero-order valence-corrected chi connectivity index (χ0v) is 19.3. The van der Waals surface area contributed by atoms with Gasteiger partial charge in [0.15, 0.2) is 0 Å². The first-order chi connectivity index (χ1) is 16.2. The number of fused-ring (bicyclic) bond motifs is 2. The minimum absolute atomic E-state index is 0.744. The maximum Gasteiger partial charge on any atom is 0.121 e. The zero-order valence-electron chi connectivity index (χ0n) is 19.3. The van der Waals surface area contributed by atoms with E-state index in [-0.39, 0.29) is 0 Å². The highest BCUT2D eigenvalue weighted by atomic mass is 16.5. The molecule has 2 aromatic carbocycles. The summed E-state index contributed by atoms with van der Waals surface area (Å²) in [6, 6.07) is 14.4. The third kappa shape index (κ3) is 5.06. The van der Waals surface area contributed by atoms with Gasteiger partial charge >= 0.3 is 0 Å². The van der Waals surface area contributed by atoms with Gasteiger partial charge in [0, 0.05) is 48.7 Å². The van der Waals surface area contributed by atoms with E-state index < -0.39 is 0 Å². The van der Waals surface area contributed by atoms with E-state index in [1.807, 2.05) is 28.9 Å². The van der Waals surface area contributed by atoms with Gasteiger partial charge in [0.25, 0.3) is 0 Å². The molecule has 0 atom stereocenters. The van der Waals surface area contributed by atoms with Crippen LogP contribution in [0.1, 0.15) is 36.1 Å². The molecule has 6 heteroatoms. The van der Waals surface area contributed by atoms with Crippen LogP contribution in [0.4, 0.5) is 5.69 Å². The number of unbranched alkanes of at least 4 members (excludes halogenated alkanes) is 1. The van der Waals surface area contributed by atoms with Crippen molar-refractivity contribution in [3.63, 3.8) is 0 Å². The summed E-state index contributed by atoms with van der Waals surface area (Å²) in [5, 5.41) is 8.18. The van der Waals surface area contributed by atoms with Crippen LogP contribution in [-0.4, -0.2) is 41.5 Å². The zero-order chi connectivity index (χ0) is 22.6. The molecule has 0 bridgehead atoms. The first kappa shape index (κ1) is 21.6. The molecule has 0 aliphatic carbocycles. The number of benzene rings is 2. The Kier molecular flexibility index (Phi) is 6.35. The second kappa shape index (κ2) is 9.71. The van der Waals surface area contributed by atoms with Gasteiger partial charge in [-0.1, -0.05) is 12.6 Å². The molecule has 0 unspecified atom stereocenters. The quantitative estimate of drug-likeness (QED) is 0.497. The standard InChI is InChI=1S/C27H32N4O2/c1-20-5-6-21-7-10-25(17-27(21)28-20)33-16-4-3-14-30-15-13-26-22(18-30)19-31(29-26)23-8-11-24(32-2)12-9-23/h7-12,17,19,28H,1,3-6,13-16,18H2,2H3. The van der Waals surface area contributed by atoms with E-state index in [1.165, 1.54) is 16.8 Å². The predicted molar refractivity (Wildman–Crippen MR) is 131 cm³/mol. The maximum absolute atomic E-state index is 6.01. The molecule has 33 heavy (non-hydrogen) atoms. The van der Waals surface area contributed by atoms with E-state index in [0.29, 0.717) is 0 Å². The van der Waals surface area contributed by atoms with Gasteiger partial charge in [-0.15, -0.1) is 0 Å². The van der Waals surface area contributed by atoms with Crippen LogP contribution >= 0.6 is 0 Å². The highest BCUT2D eigenvalue weighted by Crippen LogP contribution is 2.29. The van der Waals surface area contributed by atoms with E-state index in [2.05, 4.69) is 41.2 Å². The molecular formula is C27H32N4O2. The Labute approximate surface area is 195 Å². The molecule has 2 aliphatic heterocycles. The molecule has 6 nitrogen and oxygen atoms in total. The van der Waals surface area contributed by atoms with Crippen LogP contribution < -0.4 is 14.8 Å². The number of hydrogen-bond acceptors (Lipinski definition) is 5. The maximum atomic E-state index is 6.01. The Morgan fingerprint density at radius 1 is 1.00 bits per heavy atom. The normalized spacial score (nSPS) is 15.5. The lowest BCUT2D eigenvalue weighted by Gasteiger charge is -2.25. The Hall–Kier alpha value is -3.25. The largest absolute Gasteiger partial charge is 0.497 e. The molecule has 0 amide bonds. The molecule has 2 aliphatic rings. The average Bonchev–Trinajstić information content (AvgIpc) is 3.27. The molecule has 0 fully saturated rings. The number of rotatable bonds is 8. The molecule has 0 radical (unpaired) electrons. The first-order valence-electron chi connectivity index (χ1n) is 11.8. The number of aromatic nitrogens is 2. The minimum Gasteiger partial charge on any atom is -0.497 e. The topological polar surface area (TPSA) is 51.5 Å². The van der Waals surface area contributed by atoms with Crippen molar-refractivity contribution in [2.45, 2.75) is 38.6 Å². The summed E-state index contributed by atoms with van der Waals surface area (Å²) in [5.74, 6) is 1.80. The van der Waals surface area contributed by atoms with E-state index in [9.17, 15) is 0 Å². The van der Waals surface area contributed by atoms with Crippen molar-refractivity contribution in [2.75, 3.05) is 32.1 Å². The van der Waals surface area contributed by atoms with E-state index >= 15 is 0 Å². The third-order valence-electron chi connectivity index (χ3n) is 6.50. The summed E-state index contributed by atoms with van der Waals surface area (Å²) in [4.78, 5) is 2.52. The van der Waals surface area contributed by atoms with Crippen LogP contribution in [0.3, 0.4) is 0 Å². The van der Waals surface area contributed by atoms with Crippen LogP contribution in [0.15, 0.2) is 60.9 Å². The third-order valence-corrected chi connectivity index (χ3v) is 6.50. The molecule has 1 aromatic heterocycles. The first-order valence-corrected chi connectivity index (χ1v) is 11.8. The van der Waals surface area contributed by atoms with Crippen molar-refractivity contribution < 1.29 is 9.47 Å². The lowest BCUT2D eigenvalue weighted by atomic mass is 10.0. The predicted octanol–water partition coefficient (Wildman–Crippen LogP) is 4.97. The average molecular weight is 445 g/mol. The van der Waals surface area contributed by atoms with E-state index in [0.717, 1.165) is 86.9 Å².